The Morgan fingerprint density at radius 2 is 0.703 bits per heavy atom. The van der Waals surface area contributed by atoms with Gasteiger partial charge in [-0.3, -0.25) is 14.2 Å². The maximum Gasteiger partial charge on any atom is 0.306 e. The minimum absolute atomic E-state index is 0.0282. The molecule has 0 aromatic rings. The molecule has 91 heavy (non-hydrogen) atoms. The summed E-state index contributed by atoms with van der Waals surface area (Å²) < 4.78 is 30.5. The van der Waals surface area contributed by atoms with Crippen molar-refractivity contribution >= 4 is 19.7 Å². The Morgan fingerprint density at radius 3 is 1.07 bits per heavy atom. The lowest BCUT2D eigenvalue weighted by atomic mass is 10.0. The van der Waals surface area contributed by atoms with Gasteiger partial charge in [0.15, 0.2) is 0 Å². The van der Waals surface area contributed by atoms with E-state index in [0.717, 1.165) is 122 Å². The summed E-state index contributed by atoms with van der Waals surface area (Å²) in [5.74, 6) is -0.548. The molecule has 0 saturated heterocycles. The number of nitrogens with one attached hydrogen (secondary N) is 1. The van der Waals surface area contributed by atoms with Gasteiger partial charge in [0.1, 0.15) is 19.3 Å². The normalized spacial score (nSPS) is 14.0. The molecule has 10 heteroatoms. The van der Waals surface area contributed by atoms with Gasteiger partial charge in [-0.05, 0) is 109 Å². The Balaban J connectivity index is 5.03. The average Bonchev–Trinajstić information content (AvgIpc) is 3.73. The number of phosphoric ester groups is 1. The first-order chi connectivity index (χ1) is 44.4. The second kappa shape index (κ2) is 69.8. The highest BCUT2D eigenvalue weighted by Crippen LogP contribution is 2.38. The monoisotopic (exact) mass is 1290 g/mol. The fraction of sp³-hybridized carbons (Fsp3) is 0.778. The predicted octanol–water partition coefficient (Wildman–Crippen LogP) is 24.4. The van der Waals surface area contributed by atoms with Gasteiger partial charge in [0.25, 0.3) is 7.82 Å². The third kappa shape index (κ3) is 71.1. The van der Waals surface area contributed by atoms with Crippen LogP contribution in [0.25, 0.3) is 0 Å². The standard InChI is InChI=1S/C81H147N2O7P/c1-7-10-13-16-19-22-25-28-30-32-34-36-38-40-41-43-45-47-49-51-53-56-59-62-65-68-71-74-81(85)90-79(72-69-66-63-60-57-54-27-24-21-18-15-12-9-3)78(77-89-91(86,87)88-76-75-83(4,5)6)82-80(84)73-70-67-64-61-58-55-52-50-48-46-44-42-39-37-35-33-31-29-26-23-20-17-14-11-8-2/h11,14,20,23,28-31,35,37,42,44,48,50,69,72,78-79H,7-10,12-13,15-19,21-22,24-27,32-34,36,38-41,43,45-47,49,51-68,70-71,73-77H2,1-6H3,(H-,82,84,86,87)/b14-11-,23-20-,30-28+,31-29-,37-35-,44-42-,50-48-,72-69+. The number of rotatable bonds is 70. The van der Waals surface area contributed by atoms with Crippen LogP contribution in [0.15, 0.2) is 97.2 Å². The molecule has 1 amide bonds. The Morgan fingerprint density at radius 1 is 0.396 bits per heavy atom. The summed E-state index contributed by atoms with van der Waals surface area (Å²) in [7, 11) is 1.18. The van der Waals surface area contributed by atoms with Gasteiger partial charge in [0.2, 0.25) is 5.91 Å². The number of ether oxygens (including phenoxy) is 1. The Kier molecular flexibility index (Phi) is 67.4. The lowest BCUT2D eigenvalue weighted by molar-refractivity contribution is -0.870. The van der Waals surface area contributed by atoms with Gasteiger partial charge in [-0.2, -0.15) is 0 Å². The van der Waals surface area contributed by atoms with Crippen LogP contribution in [0.4, 0.5) is 0 Å². The highest BCUT2D eigenvalue weighted by Gasteiger charge is 2.27. The van der Waals surface area contributed by atoms with Crippen LogP contribution in [-0.4, -0.2) is 69.4 Å². The number of carbonyl (C=O) groups excluding carboxylic acids is 2. The molecule has 9 nitrogen and oxygen atoms in total. The van der Waals surface area contributed by atoms with Gasteiger partial charge in [0.05, 0.1) is 33.8 Å². The van der Waals surface area contributed by atoms with Crippen molar-refractivity contribution in [2.75, 3.05) is 40.9 Å². The quantitative estimate of drug-likeness (QED) is 0.0212. The van der Waals surface area contributed by atoms with Gasteiger partial charge >= 0.3 is 5.97 Å². The zero-order valence-corrected chi connectivity index (χ0v) is 61.4. The number of unbranched alkanes of at least 4 members (excludes halogenated alkanes) is 40. The fourth-order valence-electron chi connectivity index (χ4n) is 11.1. The van der Waals surface area contributed by atoms with Crippen molar-refractivity contribution in [1.82, 2.24) is 5.32 Å². The SMILES string of the molecule is CC/C=C\C/C=C\C/C=C\C/C=C\C/C=C\C/C=C\CCCCCCCCC(=O)NC(COP(=O)([O-])OCC[N+](C)(C)C)C(/C=C/CCCCCCCCCCCCC)OC(=O)CCCCCCCCCCCCCCCCCCC/C=C/CCCCCCCC. The van der Waals surface area contributed by atoms with E-state index < -0.39 is 26.6 Å². The molecule has 0 heterocycles. The minimum atomic E-state index is -4.72. The van der Waals surface area contributed by atoms with Crippen LogP contribution in [-0.2, 0) is 27.9 Å². The van der Waals surface area contributed by atoms with Gasteiger partial charge in [-0.1, -0.05) is 330 Å². The Bertz CT molecular complexity index is 1880. The molecule has 3 unspecified atom stereocenters. The first-order valence-electron chi connectivity index (χ1n) is 38.5. The number of hydrogen-bond acceptors (Lipinski definition) is 7. The van der Waals surface area contributed by atoms with Crippen LogP contribution in [0.2, 0.25) is 0 Å². The lowest BCUT2D eigenvalue weighted by Crippen LogP contribution is -2.47. The van der Waals surface area contributed by atoms with Crippen molar-refractivity contribution < 1.29 is 37.3 Å². The minimum Gasteiger partial charge on any atom is -0.756 e. The highest BCUT2D eigenvalue weighted by atomic mass is 31.2. The molecule has 0 rings (SSSR count). The third-order valence-electron chi connectivity index (χ3n) is 17.0. The van der Waals surface area contributed by atoms with Crippen LogP contribution in [0, 0.1) is 0 Å². The molecule has 0 aromatic heterocycles. The molecule has 1 N–H and O–H groups in total. The van der Waals surface area contributed by atoms with Crippen molar-refractivity contribution in [1.29, 1.82) is 0 Å². The molecule has 0 spiro atoms. The van der Waals surface area contributed by atoms with Crippen LogP contribution in [0.1, 0.15) is 355 Å². The molecule has 0 aromatic carbocycles. The van der Waals surface area contributed by atoms with Crippen LogP contribution >= 0.6 is 7.82 Å². The number of amides is 1. The molecule has 0 fully saturated rings. The number of esters is 1. The summed E-state index contributed by atoms with van der Waals surface area (Å²) in [4.78, 5) is 40.3. The maximum atomic E-state index is 13.6. The van der Waals surface area contributed by atoms with Crippen molar-refractivity contribution in [2.45, 2.75) is 367 Å². The number of hydrogen-bond donors (Lipinski definition) is 1. The van der Waals surface area contributed by atoms with Crippen LogP contribution in [0.5, 0.6) is 0 Å². The molecule has 0 radical (unpaired) electrons. The zero-order valence-electron chi connectivity index (χ0n) is 60.5. The number of likely N-dealkylation sites (N-methyl/N-ethyl adjacent to an activating group) is 1. The molecular weight excluding hydrogens is 1140 g/mol. The summed E-state index contributed by atoms with van der Waals surface area (Å²) in [5.41, 5.74) is 0. The molecule has 0 saturated carbocycles. The van der Waals surface area contributed by atoms with E-state index in [2.05, 4.69) is 111 Å². The summed E-state index contributed by atoms with van der Waals surface area (Å²) >= 11 is 0. The van der Waals surface area contributed by atoms with E-state index >= 15 is 0 Å². The van der Waals surface area contributed by atoms with Crippen LogP contribution in [0.3, 0.4) is 0 Å². The van der Waals surface area contributed by atoms with E-state index in [4.69, 9.17) is 13.8 Å². The molecule has 0 aliphatic rings. The number of phosphoric acid groups is 1. The maximum absolute atomic E-state index is 13.6. The number of nitrogens with zero attached hydrogens (tertiary/aromatic N) is 1. The average molecular weight is 1290 g/mol. The topological polar surface area (TPSA) is 114 Å². The predicted molar refractivity (Wildman–Crippen MR) is 394 cm³/mol. The van der Waals surface area contributed by atoms with E-state index in [0.29, 0.717) is 17.4 Å². The van der Waals surface area contributed by atoms with Crippen molar-refractivity contribution in [3.63, 3.8) is 0 Å². The fourth-order valence-corrected chi connectivity index (χ4v) is 11.8. The first kappa shape index (κ1) is 87.9. The molecule has 528 valence electrons. The number of carbonyl (C=O) groups is 2. The van der Waals surface area contributed by atoms with E-state index in [1.165, 1.54) is 199 Å². The van der Waals surface area contributed by atoms with Crippen molar-refractivity contribution in [3.8, 4) is 0 Å². The van der Waals surface area contributed by atoms with Crippen molar-refractivity contribution in [2.24, 2.45) is 0 Å². The van der Waals surface area contributed by atoms with Gasteiger partial charge in [0, 0.05) is 12.8 Å². The lowest BCUT2D eigenvalue weighted by Gasteiger charge is -2.30. The summed E-state index contributed by atoms with van der Waals surface area (Å²) in [5, 5.41) is 3.04. The summed E-state index contributed by atoms with van der Waals surface area (Å²) in [6.07, 6.45) is 95.4. The Hall–Kier alpha value is -3.07. The Labute approximate surface area is 564 Å². The van der Waals surface area contributed by atoms with Gasteiger partial charge in [-0.25, -0.2) is 0 Å². The molecule has 0 aliphatic carbocycles. The largest absolute Gasteiger partial charge is 0.756 e. The molecular formula is C81H147N2O7P. The molecule has 3 atom stereocenters. The molecule has 0 bridgehead atoms. The summed E-state index contributed by atoms with van der Waals surface area (Å²) in [6.45, 7) is 6.75. The summed E-state index contributed by atoms with van der Waals surface area (Å²) in [6, 6.07) is -0.902. The van der Waals surface area contributed by atoms with Gasteiger partial charge in [-0.15, -0.1) is 0 Å². The van der Waals surface area contributed by atoms with Gasteiger partial charge < -0.3 is 28.5 Å². The van der Waals surface area contributed by atoms with E-state index in [1.54, 1.807) is 0 Å². The van der Waals surface area contributed by atoms with E-state index in [9.17, 15) is 19.0 Å². The highest BCUT2D eigenvalue weighted by molar-refractivity contribution is 7.45. The smallest absolute Gasteiger partial charge is 0.306 e. The third-order valence-corrected chi connectivity index (χ3v) is 18.0. The molecule has 0 aliphatic heterocycles. The zero-order chi connectivity index (χ0) is 66.3. The van der Waals surface area contributed by atoms with E-state index in [1.807, 2.05) is 33.3 Å². The second-order valence-corrected chi connectivity index (χ2v) is 28.5. The number of quaternary nitrogens is 1. The van der Waals surface area contributed by atoms with Crippen molar-refractivity contribution in [3.05, 3.63) is 97.2 Å². The first-order valence-corrected chi connectivity index (χ1v) is 40.0. The number of allylic oxidation sites excluding steroid dienone is 15. The van der Waals surface area contributed by atoms with Crippen LogP contribution < -0.4 is 10.2 Å². The second-order valence-electron chi connectivity index (χ2n) is 27.1. The van der Waals surface area contributed by atoms with E-state index in [-0.39, 0.29) is 24.9 Å².